The summed E-state index contributed by atoms with van der Waals surface area (Å²) < 4.78 is 0. The van der Waals surface area contributed by atoms with Crippen molar-refractivity contribution in [2.24, 2.45) is 28.1 Å². The van der Waals surface area contributed by atoms with E-state index in [-0.39, 0.29) is 6.10 Å². The van der Waals surface area contributed by atoms with Gasteiger partial charge in [0.15, 0.2) is 0 Å². The lowest BCUT2D eigenvalue weighted by Gasteiger charge is -2.51. The Morgan fingerprint density at radius 2 is 1.81 bits per heavy atom. The van der Waals surface area contributed by atoms with Crippen molar-refractivity contribution in [1.82, 2.24) is 0 Å². The van der Waals surface area contributed by atoms with Gasteiger partial charge >= 0.3 is 0 Å². The molecule has 5 atom stereocenters. The van der Waals surface area contributed by atoms with E-state index in [1.54, 1.807) is 0 Å². The molecule has 0 unspecified atom stereocenters. The third-order valence-electron chi connectivity index (χ3n) is 6.29. The molecule has 3 aliphatic carbocycles. The summed E-state index contributed by atoms with van der Waals surface area (Å²) in [5, 5.41) is 10.6. The van der Waals surface area contributed by atoms with Gasteiger partial charge in [0.2, 0.25) is 0 Å². The molecule has 3 aliphatic rings. The van der Waals surface area contributed by atoms with Crippen LogP contribution in [0.25, 0.3) is 0 Å². The minimum Gasteiger partial charge on any atom is -0.392 e. The Labute approximate surface area is 99.6 Å². The Bertz CT molecular complexity index is 321. The van der Waals surface area contributed by atoms with Crippen molar-refractivity contribution in [2.75, 3.05) is 0 Å². The molecule has 0 saturated heterocycles. The second kappa shape index (κ2) is 2.85. The van der Waals surface area contributed by atoms with E-state index in [9.17, 15) is 5.11 Å². The summed E-state index contributed by atoms with van der Waals surface area (Å²) in [6.07, 6.45) is 6.35. The van der Waals surface area contributed by atoms with Gasteiger partial charge in [0.1, 0.15) is 0 Å². The van der Waals surface area contributed by atoms with Crippen LogP contribution in [-0.2, 0) is 0 Å². The van der Waals surface area contributed by atoms with Gasteiger partial charge in [-0.15, -0.1) is 0 Å². The molecule has 0 aromatic heterocycles. The monoisotopic (exact) mass is 222 g/mol. The van der Waals surface area contributed by atoms with Crippen molar-refractivity contribution in [1.29, 1.82) is 0 Å². The smallest absolute Gasteiger partial charge is 0.0609 e. The molecular weight excluding hydrogens is 196 g/mol. The summed E-state index contributed by atoms with van der Waals surface area (Å²) in [7, 11) is 0. The highest BCUT2D eigenvalue weighted by Gasteiger charge is 2.74. The molecule has 1 nitrogen and oxygen atoms in total. The van der Waals surface area contributed by atoms with Crippen molar-refractivity contribution >= 4 is 0 Å². The Kier molecular flexibility index (Phi) is 1.98. The van der Waals surface area contributed by atoms with Gasteiger partial charge in [-0.1, -0.05) is 27.7 Å². The van der Waals surface area contributed by atoms with E-state index in [1.165, 1.54) is 25.7 Å². The fourth-order valence-electron chi connectivity index (χ4n) is 5.29. The number of hydrogen-bond donors (Lipinski definition) is 1. The van der Waals surface area contributed by atoms with Crippen molar-refractivity contribution < 1.29 is 5.11 Å². The van der Waals surface area contributed by atoms with Crippen LogP contribution in [0, 0.1) is 28.1 Å². The zero-order valence-corrected chi connectivity index (χ0v) is 11.2. The van der Waals surface area contributed by atoms with Crippen LogP contribution >= 0.6 is 0 Å². The van der Waals surface area contributed by atoms with Crippen molar-refractivity contribution in [3.63, 3.8) is 0 Å². The van der Waals surface area contributed by atoms with Crippen LogP contribution in [0.2, 0.25) is 0 Å². The van der Waals surface area contributed by atoms with Crippen LogP contribution in [0.4, 0.5) is 0 Å². The fraction of sp³-hybridized carbons (Fsp3) is 1.00. The maximum atomic E-state index is 10.6. The van der Waals surface area contributed by atoms with Crippen molar-refractivity contribution in [3.05, 3.63) is 0 Å². The molecule has 0 aromatic rings. The highest BCUT2D eigenvalue weighted by molar-refractivity contribution is 5.23. The standard InChI is InChI=1S/C15H26O/c1-10-5-6-14(4)9-15(14)11(10)7-13(2,3)8-12(15)16/h10-12,16H,5-9H2,1-4H3/t10-,11-,12-,14+,15-/m0/s1. The lowest BCUT2D eigenvalue weighted by Crippen LogP contribution is -2.48. The molecule has 3 fully saturated rings. The second-order valence-electron chi connectivity index (χ2n) is 7.99. The molecule has 0 heterocycles. The lowest BCUT2D eigenvalue weighted by atomic mass is 9.55. The first-order valence-electron chi connectivity index (χ1n) is 6.99. The predicted octanol–water partition coefficient (Wildman–Crippen LogP) is 3.61. The maximum absolute atomic E-state index is 10.6. The molecular formula is C15H26O. The third kappa shape index (κ3) is 1.16. The molecule has 0 bridgehead atoms. The van der Waals surface area contributed by atoms with E-state index < -0.39 is 0 Å². The first-order chi connectivity index (χ1) is 7.31. The largest absolute Gasteiger partial charge is 0.392 e. The fourth-order valence-corrected chi connectivity index (χ4v) is 5.29. The Hall–Kier alpha value is -0.0400. The zero-order chi connectivity index (χ0) is 11.8. The summed E-state index contributed by atoms with van der Waals surface area (Å²) in [5.41, 5.74) is 1.16. The quantitative estimate of drug-likeness (QED) is 0.664. The number of aliphatic hydroxyl groups excluding tert-OH is 1. The van der Waals surface area contributed by atoms with Gasteiger partial charge in [-0.2, -0.15) is 0 Å². The van der Waals surface area contributed by atoms with E-state index >= 15 is 0 Å². The van der Waals surface area contributed by atoms with Crippen LogP contribution < -0.4 is 0 Å². The molecule has 16 heavy (non-hydrogen) atoms. The third-order valence-corrected chi connectivity index (χ3v) is 6.29. The minimum atomic E-state index is -0.0333. The highest BCUT2D eigenvalue weighted by Crippen LogP contribution is 2.79. The van der Waals surface area contributed by atoms with Crippen molar-refractivity contribution in [3.8, 4) is 0 Å². The lowest BCUT2D eigenvalue weighted by molar-refractivity contribution is -0.0908. The molecule has 0 aromatic carbocycles. The molecule has 1 spiro atoms. The first kappa shape index (κ1) is 11.1. The molecule has 0 amide bonds. The van der Waals surface area contributed by atoms with Gasteiger partial charge in [-0.05, 0) is 54.8 Å². The predicted molar refractivity (Wildman–Crippen MR) is 66.1 cm³/mol. The average Bonchev–Trinajstić information content (AvgIpc) is 2.77. The van der Waals surface area contributed by atoms with Gasteiger partial charge in [-0.25, -0.2) is 0 Å². The number of rotatable bonds is 0. The van der Waals surface area contributed by atoms with Crippen molar-refractivity contribution in [2.45, 2.75) is 65.9 Å². The summed E-state index contributed by atoms with van der Waals surface area (Å²) in [6.45, 7) is 9.51. The van der Waals surface area contributed by atoms with E-state index in [1.807, 2.05) is 0 Å². The Morgan fingerprint density at radius 1 is 1.12 bits per heavy atom. The summed E-state index contributed by atoms with van der Waals surface area (Å²) in [5.74, 6) is 1.61. The van der Waals surface area contributed by atoms with E-state index in [0.29, 0.717) is 16.2 Å². The van der Waals surface area contributed by atoms with E-state index in [4.69, 9.17) is 0 Å². The topological polar surface area (TPSA) is 20.2 Å². The molecule has 0 radical (unpaired) electrons. The van der Waals surface area contributed by atoms with Gasteiger partial charge < -0.3 is 5.11 Å². The summed E-state index contributed by atoms with van der Waals surface area (Å²) in [6, 6.07) is 0. The first-order valence-corrected chi connectivity index (χ1v) is 6.99. The van der Waals surface area contributed by atoms with Gasteiger partial charge in [0.25, 0.3) is 0 Å². The molecule has 92 valence electrons. The maximum Gasteiger partial charge on any atom is 0.0609 e. The van der Waals surface area contributed by atoms with Gasteiger partial charge in [0.05, 0.1) is 6.10 Å². The van der Waals surface area contributed by atoms with Crippen LogP contribution in [0.5, 0.6) is 0 Å². The van der Waals surface area contributed by atoms with Gasteiger partial charge in [0, 0.05) is 5.41 Å². The second-order valence-corrected chi connectivity index (χ2v) is 7.99. The van der Waals surface area contributed by atoms with Crippen LogP contribution in [-0.4, -0.2) is 11.2 Å². The molecule has 1 N–H and O–H groups in total. The number of aliphatic hydroxyl groups is 1. The highest BCUT2D eigenvalue weighted by atomic mass is 16.3. The number of hydrogen-bond acceptors (Lipinski definition) is 1. The van der Waals surface area contributed by atoms with E-state index in [2.05, 4.69) is 27.7 Å². The normalized spacial score (nSPS) is 58.7. The van der Waals surface area contributed by atoms with Crippen LogP contribution in [0.15, 0.2) is 0 Å². The SMILES string of the molecule is C[C@H]1CC[C@]2(C)C[C@]23[C@@H](O)CC(C)(C)C[C@@H]13. The summed E-state index contributed by atoms with van der Waals surface area (Å²) >= 11 is 0. The minimum absolute atomic E-state index is 0.0333. The zero-order valence-electron chi connectivity index (χ0n) is 11.2. The molecule has 0 aliphatic heterocycles. The molecule has 3 saturated carbocycles. The summed E-state index contributed by atoms with van der Waals surface area (Å²) in [4.78, 5) is 0. The van der Waals surface area contributed by atoms with Gasteiger partial charge in [-0.3, -0.25) is 0 Å². The Balaban J connectivity index is 1.97. The average molecular weight is 222 g/mol. The van der Waals surface area contributed by atoms with E-state index in [0.717, 1.165) is 18.3 Å². The molecule has 3 rings (SSSR count). The molecule has 1 heteroatoms. The van der Waals surface area contributed by atoms with Crippen LogP contribution in [0.3, 0.4) is 0 Å². The Morgan fingerprint density at radius 3 is 2.50 bits per heavy atom. The van der Waals surface area contributed by atoms with Crippen LogP contribution in [0.1, 0.15) is 59.8 Å².